The van der Waals surface area contributed by atoms with E-state index in [0.717, 1.165) is 22.2 Å². The smallest absolute Gasteiger partial charge is 0.294 e. The SMILES string of the molecule is COc1cc(/C=C2\SC(=O)N(CC(=O)Nc3ccc(F)cc3)C2=O)ccc1OCc1ccc(C)cc1. The van der Waals surface area contributed by atoms with Crippen LogP contribution >= 0.6 is 11.8 Å². The maximum Gasteiger partial charge on any atom is 0.294 e. The third-order valence-corrected chi connectivity index (χ3v) is 6.21. The highest BCUT2D eigenvalue weighted by molar-refractivity contribution is 8.18. The van der Waals surface area contributed by atoms with E-state index in [9.17, 15) is 18.8 Å². The highest BCUT2D eigenvalue weighted by Crippen LogP contribution is 2.34. The number of aryl methyl sites for hydroxylation is 1. The van der Waals surface area contributed by atoms with E-state index in [1.165, 1.54) is 36.9 Å². The summed E-state index contributed by atoms with van der Waals surface area (Å²) in [5.74, 6) is -0.555. The lowest BCUT2D eigenvalue weighted by atomic mass is 10.1. The van der Waals surface area contributed by atoms with Gasteiger partial charge in [0, 0.05) is 5.69 Å². The molecule has 0 bridgehead atoms. The number of ether oxygens (including phenoxy) is 2. The highest BCUT2D eigenvalue weighted by atomic mass is 32.2. The molecule has 0 saturated carbocycles. The number of carbonyl (C=O) groups excluding carboxylic acids is 3. The molecule has 0 radical (unpaired) electrons. The van der Waals surface area contributed by atoms with Crippen LogP contribution in [0.2, 0.25) is 0 Å². The molecule has 0 atom stereocenters. The van der Waals surface area contributed by atoms with Crippen LogP contribution in [0.3, 0.4) is 0 Å². The second kappa shape index (κ2) is 11.1. The van der Waals surface area contributed by atoms with Crippen LogP contribution in [-0.2, 0) is 16.2 Å². The summed E-state index contributed by atoms with van der Waals surface area (Å²) in [5, 5.41) is 1.99. The van der Waals surface area contributed by atoms with Crippen molar-refractivity contribution in [2.75, 3.05) is 19.0 Å². The fourth-order valence-electron chi connectivity index (χ4n) is 3.40. The molecule has 7 nitrogen and oxygen atoms in total. The second-order valence-electron chi connectivity index (χ2n) is 8.01. The van der Waals surface area contributed by atoms with Gasteiger partial charge in [-0.1, -0.05) is 35.9 Å². The molecule has 4 rings (SSSR count). The van der Waals surface area contributed by atoms with Crippen LogP contribution in [0.5, 0.6) is 11.5 Å². The molecule has 0 spiro atoms. The molecule has 3 aromatic carbocycles. The van der Waals surface area contributed by atoms with E-state index >= 15 is 0 Å². The number of amides is 3. The first-order valence-electron chi connectivity index (χ1n) is 11.0. The third-order valence-electron chi connectivity index (χ3n) is 5.30. The van der Waals surface area contributed by atoms with Crippen LogP contribution in [-0.4, -0.2) is 35.6 Å². The number of imide groups is 1. The number of anilines is 1. The highest BCUT2D eigenvalue weighted by Gasteiger charge is 2.36. The minimum Gasteiger partial charge on any atom is -0.493 e. The van der Waals surface area contributed by atoms with Gasteiger partial charge in [0.05, 0.1) is 12.0 Å². The van der Waals surface area contributed by atoms with E-state index < -0.39 is 29.4 Å². The fourth-order valence-corrected chi connectivity index (χ4v) is 4.24. The Morgan fingerprint density at radius 2 is 1.75 bits per heavy atom. The molecule has 9 heteroatoms. The van der Waals surface area contributed by atoms with Gasteiger partial charge in [-0.25, -0.2) is 4.39 Å². The number of hydrogen-bond donors (Lipinski definition) is 1. The van der Waals surface area contributed by atoms with Gasteiger partial charge in [-0.2, -0.15) is 0 Å². The summed E-state index contributed by atoms with van der Waals surface area (Å²) in [6, 6.07) is 18.4. The molecule has 3 amide bonds. The lowest BCUT2D eigenvalue weighted by Gasteiger charge is -2.12. The van der Waals surface area contributed by atoms with Crippen LogP contribution in [0.15, 0.2) is 71.6 Å². The minimum atomic E-state index is -0.571. The molecule has 36 heavy (non-hydrogen) atoms. The van der Waals surface area contributed by atoms with Crippen molar-refractivity contribution >= 4 is 40.6 Å². The lowest BCUT2D eigenvalue weighted by Crippen LogP contribution is -2.36. The van der Waals surface area contributed by atoms with Crippen LogP contribution < -0.4 is 14.8 Å². The molecular formula is C27H23FN2O5S. The minimum absolute atomic E-state index is 0.185. The zero-order chi connectivity index (χ0) is 25.7. The Kier molecular flexibility index (Phi) is 7.70. The van der Waals surface area contributed by atoms with Gasteiger partial charge in [0.2, 0.25) is 5.91 Å². The maximum absolute atomic E-state index is 13.0. The molecule has 0 aromatic heterocycles. The van der Waals surface area contributed by atoms with Gasteiger partial charge in [0.25, 0.3) is 11.1 Å². The van der Waals surface area contributed by atoms with E-state index in [0.29, 0.717) is 29.4 Å². The number of carbonyl (C=O) groups is 3. The molecule has 1 saturated heterocycles. The van der Waals surface area contributed by atoms with Crippen LogP contribution in [0.1, 0.15) is 16.7 Å². The molecule has 3 aromatic rings. The summed E-state index contributed by atoms with van der Waals surface area (Å²) in [4.78, 5) is 38.5. The Bertz CT molecular complexity index is 1320. The topological polar surface area (TPSA) is 84.9 Å². The normalized spacial score (nSPS) is 14.3. The summed E-state index contributed by atoms with van der Waals surface area (Å²) in [6.07, 6.45) is 1.56. The summed E-state index contributed by atoms with van der Waals surface area (Å²) in [5.41, 5.74) is 3.18. The second-order valence-corrected chi connectivity index (χ2v) is 9.00. The fraction of sp³-hybridized carbons (Fsp3) is 0.148. The number of nitrogens with one attached hydrogen (secondary N) is 1. The average molecular weight is 507 g/mol. The number of benzene rings is 3. The number of methoxy groups -OCH3 is 1. The molecule has 1 fully saturated rings. The van der Waals surface area contributed by atoms with Crippen molar-refractivity contribution in [1.82, 2.24) is 4.90 Å². The van der Waals surface area contributed by atoms with Crippen molar-refractivity contribution in [3.63, 3.8) is 0 Å². The molecule has 184 valence electrons. The van der Waals surface area contributed by atoms with Crippen molar-refractivity contribution < 1.29 is 28.2 Å². The lowest BCUT2D eigenvalue weighted by molar-refractivity contribution is -0.127. The Balaban J connectivity index is 1.42. The van der Waals surface area contributed by atoms with Crippen LogP contribution in [0.25, 0.3) is 6.08 Å². The first kappa shape index (κ1) is 25.0. The van der Waals surface area contributed by atoms with Gasteiger partial charge in [-0.05, 0) is 72.3 Å². The van der Waals surface area contributed by atoms with Gasteiger partial charge >= 0.3 is 0 Å². The standard InChI is InChI=1S/C27H23FN2O5S/c1-17-3-5-18(6-4-17)16-35-22-12-7-19(13-23(22)34-2)14-24-26(32)30(27(33)36-24)15-25(31)29-21-10-8-20(28)9-11-21/h3-14H,15-16H2,1-2H3,(H,29,31)/b24-14-. The van der Waals surface area contributed by atoms with Gasteiger partial charge in [0.15, 0.2) is 11.5 Å². The molecule has 1 heterocycles. The number of halogens is 1. The summed E-state index contributed by atoms with van der Waals surface area (Å²) in [7, 11) is 1.52. The Morgan fingerprint density at radius 3 is 2.44 bits per heavy atom. The number of nitrogens with zero attached hydrogens (tertiary/aromatic N) is 1. The third kappa shape index (κ3) is 6.11. The maximum atomic E-state index is 13.0. The largest absolute Gasteiger partial charge is 0.493 e. The van der Waals surface area contributed by atoms with E-state index in [2.05, 4.69) is 5.32 Å². The van der Waals surface area contributed by atoms with E-state index in [4.69, 9.17) is 9.47 Å². The average Bonchev–Trinajstić information content (AvgIpc) is 3.12. The van der Waals surface area contributed by atoms with Crippen molar-refractivity contribution in [3.8, 4) is 11.5 Å². The van der Waals surface area contributed by atoms with Gasteiger partial charge in [-0.15, -0.1) is 0 Å². The monoisotopic (exact) mass is 506 g/mol. The zero-order valence-electron chi connectivity index (χ0n) is 19.6. The quantitative estimate of drug-likeness (QED) is 0.412. The van der Waals surface area contributed by atoms with Crippen molar-refractivity contribution in [2.24, 2.45) is 0 Å². The molecule has 1 N–H and O–H groups in total. The van der Waals surface area contributed by atoms with Gasteiger partial charge in [-0.3, -0.25) is 19.3 Å². The summed E-state index contributed by atoms with van der Waals surface area (Å²) in [6.45, 7) is 1.94. The van der Waals surface area contributed by atoms with Crippen LogP contribution in [0, 0.1) is 12.7 Å². The Hall–Kier alpha value is -4.11. The Morgan fingerprint density at radius 1 is 1.03 bits per heavy atom. The van der Waals surface area contributed by atoms with Gasteiger partial charge in [0.1, 0.15) is 19.0 Å². The zero-order valence-corrected chi connectivity index (χ0v) is 20.4. The van der Waals surface area contributed by atoms with E-state index in [1.807, 2.05) is 31.2 Å². The number of thioether (sulfide) groups is 1. The first-order valence-corrected chi connectivity index (χ1v) is 11.8. The molecule has 1 aliphatic rings. The van der Waals surface area contributed by atoms with Crippen molar-refractivity contribution in [2.45, 2.75) is 13.5 Å². The molecule has 1 aliphatic heterocycles. The van der Waals surface area contributed by atoms with Gasteiger partial charge < -0.3 is 14.8 Å². The molecule has 0 aliphatic carbocycles. The predicted octanol–water partition coefficient (Wildman–Crippen LogP) is 5.40. The predicted molar refractivity (Wildman–Crippen MR) is 136 cm³/mol. The van der Waals surface area contributed by atoms with E-state index in [1.54, 1.807) is 24.3 Å². The molecule has 0 unspecified atom stereocenters. The Labute approximate surface area is 211 Å². The number of rotatable bonds is 8. The van der Waals surface area contributed by atoms with Crippen molar-refractivity contribution in [3.05, 3.63) is 94.1 Å². The van der Waals surface area contributed by atoms with Crippen molar-refractivity contribution in [1.29, 1.82) is 0 Å². The van der Waals surface area contributed by atoms with E-state index in [-0.39, 0.29) is 4.91 Å². The summed E-state index contributed by atoms with van der Waals surface area (Å²) < 4.78 is 24.4. The molecular weight excluding hydrogens is 483 g/mol. The van der Waals surface area contributed by atoms with Crippen LogP contribution in [0.4, 0.5) is 14.9 Å². The first-order chi connectivity index (χ1) is 17.3. The summed E-state index contributed by atoms with van der Waals surface area (Å²) >= 11 is 0.750. The number of hydrogen-bond acceptors (Lipinski definition) is 6.